The maximum atomic E-state index is 12.2. The molecule has 2 rings (SSSR count). The quantitative estimate of drug-likeness (QED) is 0.867. The lowest BCUT2D eigenvalue weighted by Crippen LogP contribution is -2.41. The van der Waals surface area contributed by atoms with Crippen molar-refractivity contribution in [3.05, 3.63) is 29.3 Å². The molecule has 2 N–H and O–H groups in total. The maximum absolute atomic E-state index is 12.2. The first kappa shape index (κ1) is 16.7. The summed E-state index contributed by atoms with van der Waals surface area (Å²) in [6.07, 6.45) is 0.514. The lowest BCUT2D eigenvalue weighted by molar-refractivity contribution is -0.128. The van der Waals surface area contributed by atoms with E-state index in [1.807, 2.05) is 32.0 Å². The third kappa shape index (κ3) is 4.15. The van der Waals surface area contributed by atoms with E-state index in [0.717, 1.165) is 16.8 Å². The van der Waals surface area contributed by atoms with Crippen molar-refractivity contribution >= 4 is 29.1 Å². The maximum Gasteiger partial charge on any atom is 0.270 e. The number of likely N-dealkylation sites (N-methyl/N-ethyl adjacent to an activating group) is 1. The van der Waals surface area contributed by atoms with Gasteiger partial charge in [-0.1, -0.05) is 18.2 Å². The number of amides is 3. The van der Waals surface area contributed by atoms with Gasteiger partial charge in [-0.05, 0) is 25.0 Å². The summed E-state index contributed by atoms with van der Waals surface area (Å²) in [5.74, 6) is -0.850. The van der Waals surface area contributed by atoms with E-state index < -0.39 is 0 Å². The molecule has 0 bridgehead atoms. The van der Waals surface area contributed by atoms with E-state index in [4.69, 9.17) is 0 Å². The Hall–Kier alpha value is -2.70. The summed E-state index contributed by atoms with van der Waals surface area (Å²) in [6, 6.07) is 5.75. The minimum atomic E-state index is -0.360. The molecule has 0 saturated carbocycles. The van der Waals surface area contributed by atoms with Crippen LogP contribution in [0.2, 0.25) is 0 Å². The van der Waals surface area contributed by atoms with Gasteiger partial charge in [-0.2, -0.15) is 5.10 Å². The molecule has 1 aromatic rings. The molecule has 0 saturated heterocycles. The van der Waals surface area contributed by atoms with Gasteiger partial charge in [0.05, 0.1) is 6.54 Å². The summed E-state index contributed by atoms with van der Waals surface area (Å²) in [4.78, 5) is 36.7. The number of hydrogen-bond donors (Lipinski definition) is 2. The van der Waals surface area contributed by atoms with E-state index in [2.05, 4.69) is 15.8 Å². The fourth-order valence-corrected chi connectivity index (χ4v) is 2.33. The minimum Gasteiger partial charge on any atom is -0.331 e. The zero-order valence-electron chi connectivity index (χ0n) is 13.5. The van der Waals surface area contributed by atoms with E-state index in [1.54, 1.807) is 0 Å². The first-order valence-corrected chi connectivity index (χ1v) is 7.35. The summed E-state index contributed by atoms with van der Waals surface area (Å²) < 4.78 is 0. The normalized spacial score (nSPS) is 13.9. The van der Waals surface area contributed by atoms with Gasteiger partial charge in [0, 0.05) is 25.6 Å². The number of hydrogen-bond acceptors (Lipinski definition) is 4. The van der Waals surface area contributed by atoms with Crippen molar-refractivity contribution in [2.45, 2.75) is 26.7 Å². The lowest BCUT2D eigenvalue weighted by Gasteiger charge is -2.20. The van der Waals surface area contributed by atoms with Crippen LogP contribution in [0, 0.1) is 13.8 Å². The second-order valence-electron chi connectivity index (χ2n) is 5.57. The highest BCUT2D eigenvalue weighted by Crippen LogP contribution is 2.19. The molecule has 1 aliphatic heterocycles. The molecule has 0 spiro atoms. The van der Waals surface area contributed by atoms with Crippen molar-refractivity contribution in [3.63, 3.8) is 0 Å². The summed E-state index contributed by atoms with van der Waals surface area (Å²) in [5, 5.41) is 6.58. The number of carbonyl (C=O) groups excluding carboxylic acids is 3. The average Bonchev–Trinajstić information content (AvgIpc) is 2.51. The van der Waals surface area contributed by atoms with Crippen LogP contribution in [0.4, 0.5) is 5.69 Å². The van der Waals surface area contributed by atoms with Gasteiger partial charge in [0.2, 0.25) is 11.8 Å². The van der Waals surface area contributed by atoms with E-state index in [1.165, 1.54) is 11.9 Å². The summed E-state index contributed by atoms with van der Waals surface area (Å²) >= 11 is 0. The smallest absolute Gasteiger partial charge is 0.270 e. The largest absolute Gasteiger partial charge is 0.331 e. The highest BCUT2D eigenvalue weighted by molar-refractivity contribution is 6.39. The summed E-state index contributed by atoms with van der Waals surface area (Å²) in [5.41, 5.74) is 5.23. The third-order valence-corrected chi connectivity index (χ3v) is 3.62. The topological polar surface area (TPSA) is 90.9 Å². The fourth-order valence-electron chi connectivity index (χ4n) is 2.33. The number of aryl methyl sites for hydroxylation is 2. The Morgan fingerprint density at radius 3 is 2.48 bits per heavy atom. The van der Waals surface area contributed by atoms with Crippen LogP contribution in [-0.2, 0) is 14.4 Å². The van der Waals surface area contributed by atoms with Gasteiger partial charge >= 0.3 is 0 Å². The summed E-state index contributed by atoms with van der Waals surface area (Å²) in [6.45, 7) is 3.74. The first-order chi connectivity index (χ1) is 10.9. The van der Waals surface area contributed by atoms with E-state index in [-0.39, 0.29) is 42.8 Å². The van der Waals surface area contributed by atoms with Crippen LogP contribution in [0.25, 0.3) is 0 Å². The standard InChI is InChI=1S/C16H20N4O3/c1-10-5-4-6-11(2)15(10)17-14(22)9-20(3)16(23)12-7-8-13(21)19-18-12/h4-6H,7-9H2,1-3H3,(H,17,22)(H,19,21). The molecule has 1 aromatic carbocycles. The monoisotopic (exact) mass is 316 g/mol. The zero-order valence-corrected chi connectivity index (χ0v) is 13.5. The number of para-hydroxylation sites is 1. The van der Waals surface area contributed by atoms with Crippen LogP contribution in [0.3, 0.4) is 0 Å². The highest BCUT2D eigenvalue weighted by atomic mass is 16.2. The van der Waals surface area contributed by atoms with E-state index in [0.29, 0.717) is 0 Å². The Morgan fingerprint density at radius 1 is 1.26 bits per heavy atom. The zero-order chi connectivity index (χ0) is 17.0. The van der Waals surface area contributed by atoms with Crippen molar-refractivity contribution in [2.24, 2.45) is 5.10 Å². The third-order valence-electron chi connectivity index (χ3n) is 3.62. The number of nitrogens with one attached hydrogen (secondary N) is 2. The molecule has 0 fully saturated rings. The fraction of sp³-hybridized carbons (Fsp3) is 0.375. The van der Waals surface area contributed by atoms with Crippen LogP contribution in [0.1, 0.15) is 24.0 Å². The van der Waals surface area contributed by atoms with E-state index in [9.17, 15) is 14.4 Å². The number of nitrogens with zero attached hydrogens (tertiary/aromatic N) is 2. The second-order valence-corrected chi connectivity index (χ2v) is 5.57. The molecule has 0 atom stereocenters. The van der Waals surface area contributed by atoms with Crippen molar-refractivity contribution in [1.29, 1.82) is 0 Å². The molecule has 0 radical (unpaired) electrons. The Balaban J connectivity index is 1.97. The summed E-state index contributed by atoms with van der Waals surface area (Å²) in [7, 11) is 1.53. The number of carbonyl (C=O) groups is 3. The molecule has 0 aromatic heterocycles. The molecular formula is C16H20N4O3. The first-order valence-electron chi connectivity index (χ1n) is 7.35. The SMILES string of the molecule is Cc1cccc(C)c1NC(=O)CN(C)C(=O)C1=NNC(=O)CC1. The van der Waals surface area contributed by atoms with Gasteiger partial charge < -0.3 is 10.2 Å². The Morgan fingerprint density at radius 2 is 1.91 bits per heavy atom. The van der Waals surface area contributed by atoms with Crippen LogP contribution < -0.4 is 10.7 Å². The number of hydrazone groups is 1. The van der Waals surface area contributed by atoms with Crippen LogP contribution in [0.5, 0.6) is 0 Å². The van der Waals surface area contributed by atoms with Crippen molar-refractivity contribution in [1.82, 2.24) is 10.3 Å². The van der Waals surface area contributed by atoms with Gasteiger partial charge in [-0.3, -0.25) is 14.4 Å². The molecule has 1 aliphatic rings. The van der Waals surface area contributed by atoms with Crippen LogP contribution in [0.15, 0.2) is 23.3 Å². The van der Waals surface area contributed by atoms with Gasteiger partial charge in [-0.15, -0.1) is 0 Å². The van der Waals surface area contributed by atoms with Crippen molar-refractivity contribution < 1.29 is 14.4 Å². The highest BCUT2D eigenvalue weighted by Gasteiger charge is 2.22. The van der Waals surface area contributed by atoms with Gasteiger partial charge in [0.25, 0.3) is 5.91 Å². The Labute approximate surface area is 134 Å². The number of benzene rings is 1. The molecule has 122 valence electrons. The molecular weight excluding hydrogens is 296 g/mol. The predicted molar refractivity (Wildman–Crippen MR) is 87.0 cm³/mol. The molecule has 7 heteroatoms. The van der Waals surface area contributed by atoms with Crippen LogP contribution in [-0.4, -0.2) is 41.9 Å². The Kier molecular flexibility index (Phi) is 5.10. The Bertz CT molecular complexity index is 662. The average molecular weight is 316 g/mol. The molecule has 0 unspecified atom stereocenters. The van der Waals surface area contributed by atoms with Crippen molar-refractivity contribution in [2.75, 3.05) is 18.9 Å². The molecule has 7 nitrogen and oxygen atoms in total. The van der Waals surface area contributed by atoms with E-state index >= 15 is 0 Å². The van der Waals surface area contributed by atoms with Crippen molar-refractivity contribution in [3.8, 4) is 0 Å². The second kappa shape index (κ2) is 7.04. The molecule has 23 heavy (non-hydrogen) atoms. The molecule has 0 aliphatic carbocycles. The predicted octanol–water partition coefficient (Wildman–Crippen LogP) is 0.966. The number of anilines is 1. The lowest BCUT2D eigenvalue weighted by atomic mass is 10.1. The minimum absolute atomic E-state index is 0.0838. The van der Waals surface area contributed by atoms with Gasteiger partial charge in [0.1, 0.15) is 5.71 Å². The van der Waals surface area contributed by atoms with Gasteiger partial charge in [0.15, 0.2) is 0 Å². The van der Waals surface area contributed by atoms with Crippen LogP contribution >= 0.6 is 0 Å². The van der Waals surface area contributed by atoms with Gasteiger partial charge in [-0.25, -0.2) is 5.43 Å². The molecule has 3 amide bonds. The number of rotatable bonds is 4. The molecule has 1 heterocycles.